The smallest absolute Gasteiger partial charge is 0.146 e. The lowest BCUT2D eigenvalue weighted by molar-refractivity contribution is 0.390. The first-order valence-corrected chi connectivity index (χ1v) is 7.93. The van der Waals surface area contributed by atoms with Crippen molar-refractivity contribution in [1.29, 1.82) is 5.26 Å². The molecule has 3 rings (SSSR count). The van der Waals surface area contributed by atoms with E-state index < -0.39 is 0 Å². The summed E-state index contributed by atoms with van der Waals surface area (Å²) in [5, 5.41) is 9.19. The molecule has 0 spiro atoms. The van der Waals surface area contributed by atoms with E-state index in [9.17, 15) is 5.26 Å². The first kappa shape index (κ1) is 14.2. The minimum absolute atomic E-state index is 0.529. The van der Waals surface area contributed by atoms with Crippen molar-refractivity contribution < 1.29 is 0 Å². The van der Waals surface area contributed by atoms with E-state index in [4.69, 9.17) is 0 Å². The van der Waals surface area contributed by atoms with E-state index in [0.717, 1.165) is 31.7 Å². The van der Waals surface area contributed by atoms with Crippen LogP contribution in [0, 0.1) is 18.3 Å². The highest BCUT2D eigenvalue weighted by Gasteiger charge is 2.23. The fourth-order valence-corrected chi connectivity index (χ4v) is 3.31. The van der Waals surface area contributed by atoms with Gasteiger partial charge in [0.2, 0.25) is 0 Å². The molecule has 0 radical (unpaired) electrons. The van der Waals surface area contributed by atoms with Crippen LogP contribution in [0.1, 0.15) is 30.1 Å². The Balaban J connectivity index is 1.74. The van der Waals surface area contributed by atoms with Crippen molar-refractivity contribution in [1.82, 2.24) is 9.55 Å². The first-order valence-electron chi connectivity index (χ1n) is 7.13. The number of nitriles is 1. The SMILES string of the molecule is Cc1c(Br)ccn1C1CCN(c2ncccc2C#N)CC1. The van der Waals surface area contributed by atoms with Gasteiger partial charge in [0.15, 0.2) is 0 Å². The van der Waals surface area contributed by atoms with Crippen LogP contribution in [0.15, 0.2) is 35.1 Å². The molecular weight excluding hydrogens is 328 g/mol. The van der Waals surface area contributed by atoms with E-state index in [1.54, 1.807) is 6.20 Å². The van der Waals surface area contributed by atoms with Gasteiger partial charge in [-0.25, -0.2) is 4.98 Å². The summed E-state index contributed by atoms with van der Waals surface area (Å²) in [4.78, 5) is 6.61. The minimum Gasteiger partial charge on any atom is -0.355 e. The topological polar surface area (TPSA) is 44.9 Å². The van der Waals surface area contributed by atoms with Crippen LogP contribution in [0.2, 0.25) is 0 Å². The van der Waals surface area contributed by atoms with E-state index >= 15 is 0 Å². The molecule has 0 bridgehead atoms. The van der Waals surface area contributed by atoms with Gasteiger partial charge in [-0.3, -0.25) is 0 Å². The average molecular weight is 345 g/mol. The highest BCUT2D eigenvalue weighted by molar-refractivity contribution is 9.10. The lowest BCUT2D eigenvalue weighted by atomic mass is 10.0. The van der Waals surface area contributed by atoms with Gasteiger partial charge in [-0.15, -0.1) is 0 Å². The average Bonchev–Trinajstić information content (AvgIpc) is 2.87. The van der Waals surface area contributed by atoms with Gasteiger partial charge in [0.05, 0.1) is 5.56 Å². The predicted molar refractivity (Wildman–Crippen MR) is 86.3 cm³/mol. The molecule has 3 heterocycles. The van der Waals surface area contributed by atoms with E-state index in [-0.39, 0.29) is 0 Å². The maximum absolute atomic E-state index is 9.19. The molecule has 1 fully saturated rings. The predicted octanol–water partition coefficient (Wildman–Crippen LogP) is 3.67. The summed E-state index contributed by atoms with van der Waals surface area (Å²) in [7, 11) is 0. The zero-order chi connectivity index (χ0) is 14.8. The summed E-state index contributed by atoms with van der Waals surface area (Å²) >= 11 is 3.57. The molecule has 1 aliphatic heterocycles. The summed E-state index contributed by atoms with van der Waals surface area (Å²) in [6, 6.07) is 8.52. The Labute approximate surface area is 133 Å². The number of piperidine rings is 1. The molecule has 5 heteroatoms. The molecule has 4 nitrogen and oxygen atoms in total. The highest BCUT2D eigenvalue weighted by Crippen LogP contribution is 2.30. The van der Waals surface area contributed by atoms with Crippen LogP contribution in [-0.2, 0) is 0 Å². The van der Waals surface area contributed by atoms with Crippen LogP contribution in [0.25, 0.3) is 0 Å². The third-order valence-electron chi connectivity index (χ3n) is 4.18. The molecule has 108 valence electrons. The summed E-state index contributed by atoms with van der Waals surface area (Å²) in [5.74, 6) is 0.823. The lowest BCUT2D eigenvalue weighted by Crippen LogP contribution is -2.35. The fraction of sp³-hybridized carbons (Fsp3) is 0.375. The van der Waals surface area contributed by atoms with Crippen molar-refractivity contribution in [3.8, 4) is 6.07 Å². The number of nitrogens with zero attached hydrogens (tertiary/aromatic N) is 4. The highest BCUT2D eigenvalue weighted by atomic mass is 79.9. The summed E-state index contributed by atoms with van der Waals surface area (Å²) < 4.78 is 3.52. The van der Waals surface area contributed by atoms with E-state index in [0.29, 0.717) is 11.6 Å². The van der Waals surface area contributed by atoms with Crippen LogP contribution in [0.4, 0.5) is 5.82 Å². The largest absolute Gasteiger partial charge is 0.355 e. The van der Waals surface area contributed by atoms with Gasteiger partial charge in [0.1, 0.15) is 11.9 Å². The molecule has 0 aromatic carbocycles. The van der Waals surface area contributed by atoms with Gasteiger partial charge in [-0.05, 0) is 53.9 Å². The summed E-state index contributed by atoms with van der Waals surface area (Å²) in [6.07, 6.45) is 6.06. The molecule has 0 atom stereocenters. The number of hydrogen-bond acceptors (Lipinski definition) is 3. The molecule has 0 unspecified atom stereocenters. The minimum atomic E-state index is 0.529. The molecule has 0 aliphatic carbocycles. The normalized spacial score (nSPS) is 16.0. The molecule has 0 amide bonds. The second kappa shape index (κ2) is 5.90. The number of rotatable bonds is 2. The fourth-order valence-electron chi connectivity index (χ4n) is 2.99. The Kier molecular flexibility index (Phi) is 3.98. The monoisotopic (exact) mass is 344 g/mol. The van der Waals surface area contributed by atoms with Crippen LogP contribution < -0.4 is 4.90 Å². The molecule has 21 heavy (non-hydrogen) atoms. The quantitative estimate of drug-likeness (QED) is 0.834. The van der Waals surface area contributed by atoms with Crippen molar-refractivity contribution in [2.24, 2.45) is 0 Å². The van der Waals surface area contributed by atoms with Crippen LogP contribution in [-0.4, -0.2) is 22.6 Å². The zero-order valence-corrected chi connectivity index (χ0v) is 13.5. The summed E-state index contributed by atoms with van der Waals surface area (Å²) in [5.41, 5.74) is 1.94. The Morgan fingerprint density at radius 3 is 2.71 bits per heavy atom. The Bertz CT molecular complexity index is 678. The Morgan fingerprint density at radius 1 is 1.33 bits per heavy atom. The van der Waals surface area contributed by atoms with Gasteiger partial charge in [-0.2, -0.15) is 5.26 Å². The second-order valence-electron chi connectivity index (χ2n) is 5.36. The van der Waals surface area contributed by atoms with E-state index in [1.807, 2.05) is 12.1 Å². The van der Waals surface area contributed by atoms with Gasteiger partial charge in [0.25, 0.3) is 0 Å². The van der Waals surface area contributed by atoms with Crippen molar-refractivity contribution >= 4 is 21.7 Å². The van der Waals surface area contributed by atoms with E-state index in [2.05, 4.69) is 55.6 Å². The van der Waals surface area contributed by atoms with Crippen LogP contribution >= 0.6 is 15.9 Å². The third kappa shape index (κ3) is 2.68. The molecule has 1 saturated heterocycles. The number of hydrogen-bond donors (Lipinski definition) is 0. The van der Waals surface area contributed by atoms with E-state index in [1.165, 1.54) is 10.2 Å². The van der Waals surface area contributed by atoms with Crippen molar-refractivity contribution in [2.45, 2.75) is 25.8 Å². The van der Waals surface area contributed by atoms with Crippen molar-refractivity contribution in [3.05, 3.63) is 46.3 Å². The molecule has 1 aliphatic rings. The standard InChI is InChI=1S/C16H17BrN4/c1-12-15(17)6-10-21(12)14-4-8-20(9-5-14)16-13(11-18)3-2-7-19-16/h2-3,6-7,10,14H,4-5,8-9H2,1H3. The molecule has 0 saturated carbocycles. The second-order valence-corrected chi connectivity index (χ2v) is 6.22. The van der Waals surface area contributed by atoms with Crippen molar-refractivity contribution in [2.75, 3.05) is 18.0 Å². The zero-order valence-electron chi connectivity index (χ0n) is 12.0. The number of halogens is 1. The van der Waals surface area contributed by atoms with Crippen LogP contribution in [0.5, 0.6) is 0 Å². The maximum atomic E-state index is 9.19. The van der Waals surface area contributed by atoms with Gasteiger partial charge in [-0.1, -0.05) is 0 Å². The maximum Gasteiger partial charge on any atom is 0.146 e. The van der Waals surface area contributed by atoms with Gasteiger partial charge in [0, 0.05) is 41.7 Å². The number of aromatic nitrogens is 2. The lowest BCUT2D eigenvalue weighted by Gasteiger charge is -2.34. The Morgan fingerprint density at radius 2 is 2.10 bits per heavy atom. The Hall–Kier alpha value is -1.80. The number of anilines is 1. The van der Waals surface area contributed by atoms with Gasteiger partial charge >= 0.3 is 0 Å². The van der Waals surface area contributed by atoms with Gasteiger partial charge < -0.3 is 9.47 Å². The summed E-state index contributed by atoms with van der Waals surface area (Å²) in [6.45, 7) is 4.01. The van der Waals surface area contributed by atoms with Crippen LogP contribution in [0.3, 0.4) is 0 Å². The molecule has 2 aromatic heterocycles. The number of pyridine rings is 1. The third-order valence-corrected chi connectivity index (χ3v) is 5.02. The first-order chi connectivity index (χ1) is 10.2. The molecule has 0 N–H and O–H groups in total. The molecular formula is C16H17BrN4. The molecule has 2 aromatic rings. The van der Waals surface area contributed by atoms with Crippen molar-refractivity contribution in [3.63, 3.8) is 0 Å².